The highest BCUT2D eigenvalue weighted by Gasteiger charge is 2.33. The van der Waals surface area contributed by atoms with Gasteiger partial charge in [-0.1, -0.05) is 19.1 Å². The summed E-state index contributed by atoms with van der Waals surface area (Å²) in [5.41, 5.74) is 2.86. The van der Waals surface area contributed by atoms with Crippen molar-refractivity contribution in [2.75, 3.05) is 44.8 Å². The Morgan fingerprint density at radius 2 is 2.24 bits per heavy atom. The molecule has 0 amide bonds. The van der Waals surface area contributed by atoms with E-state index in [0.29, 0.717) is 0 Å². The summed E-state index contributed by atoms with van der Waals surface area (Å²) in [6.07, 6.45) is 3.61. The standard InChI is InChI=1S/C18H30N2O/c1-4-10-19-13-18(9-6-11-21-15-18)14-20(3)17-8-5-7-16(2)12-17/h5,7-8,12,19H,4,6,9-11,13-15H2,1-3H3. The van der Waals surface area contributed by atoms with Crippen LogP contribution in [-0.4, -0.2) is 39.9 Å². The van der Waals surface area contributed by atoms with Gasteiger partial charge in [0, 0.05) is 37.8 Å². The largest absolute Gasteiger partial charge is 0.381 e. The van der Waals surface area contributed by atoms with E-state index in [9.17, 15) is 0 Å². The molecule has 3 heteroatoms. The summed E-state index contributed by atoms with van der Waals surface area (Å²) < 4.78 is 5.81. The molecule has 0 saturated carbocycles. The molecule has 1 fully saturated rings. The monoisotopic (exact) mass is 290 g/mol. The summed E-state index contributed by atoms with van der Waals surface area (Å²) in [7, 11) is 2.20. The fourth-order valence-electron chi connectivity index (χ4n) is 3.22. The summed E-state index contributed by atoms with van der Waals surface area (Å²) in [6.45, 7) is 9.36. The van der Waals surface area contributed by atoms with E-state index >= 15 is 0 Å². The SMILES string of the molecule is CCCNCC1(CN(C)c2cccc(C)c2)CCCOC1. The molecule has 2 rings (SSSR count). The molecule has 118 valence electrons. The van der Waals surface area contributed by atoms with Crippen molar-refractivity contribution in [3.8, 4) is 0 Å². The number of nitrogens with one attached hydrogen (secondary N) is 1. The molecule has 0 aliphatic carbocycles. The lowest BCUT2D eigenvalue weighted by Gasteiger charge is -2.40. The van der Waals surface area contributed by atoms with Gasteiger partial charge < -0.3 is 15.0 Å². The Hall–Kier alpha value is -1.06. The minimum Gasteiger partial charge on any atom is -0.381 e. The first-order valence-corrected chi connectivity index (χ1v) is 8.21. The number of hydrogen-bond acceptors (Lipinski definition) is 3. The Morgan fingerprint density at radius 1 is 1.38 bits per heavy atom. The molecule has 1 atom stereocenters. The van der Waals surface area contributed by atoms with Gasteiger partial charge in [0.05, 0.1) is 6.61 Å². The highest BCUT2D eigenvalue weighted by Crippen LogP contribution is 2.30. The highest BCUT2D eigenvalue weighted by atomic mass is 16.5. The molecule has 0 aromatic heterocycles. The van der Waals surface area contributed by atoms with Crippen molar-refractivity contribution in [2.45, 2.75) is 33.1 Å². The van der Waals surface area contributed by atoms with Crippen LogP contribution in [0.4, 0.5) is 5.69 Å². The maximum Gasteiger partial charge on any atom is 0.0551 e. The minimum atomic E-state index is 0.242. The normalized spacial score (nSPS) is 22.2. The summed E-state index contributed by atoms with van der Waals surface area (Å²) in [5.74, 6) is 0. The predicted octanol–water partition coefficient (Wildman–Crippen LogP) is 3.23. The number of ether oxygens (including phenoxy) is 1. The van der Waals surface area contributed by atoms with Gasteiger partial charge in [-0.2, -0.15) is 0 Å². The van der Waals surface area contributed by atoms with Gasteiger partial charge in [-0.05, 0) is 50.4 Å². The van der Waals surface area contributed by atoms with Gasteiger partial charge >= 0.3 is 0 Å². The van der Waals surface area contributed by atoms with Crippen LogP contribution in [0.15, 0.2) is 24.3 Å². The number of nitrogens with zero attached hydrogens (tertiary/aromatic N) is 1. The van der Waals surface area contributed by atoms with Gasteiger partial charge in [0.15, 0.2) is 0 Å². The van der Waals surface area contributed by atoms with Gasteiger partial charge in [-0.25, -0.2) is 0 Å². The molecule has 0 bridgehead atoms. The predicted molar refractivity (Wildman–Crippen MR) is 90.1 cm³/mol. The Balaban J connectivity index is 2.03. The van der Waals surface area contributed by atoms with Gasteiger partial charge in [-0.15, -0.1) is 0 Å². The molecule has 1 heterocycles. The molecule has 21 heavy (non-hydrogen) atoms. The quantitative estimate of drug-likeness (QED) is 0.780. The fraction of sp³-hybridized carbons (Fsp3) is 0.667. The van der Waals surface area contributed by atoms with Gasteiger partial charge in [0.1, 0.15) is 0 Å². The van der Waals surface area contributed by atoms with Crippen LogP contribution in [0.25, 0.3) is 0 Å². The third-order valence-electron chi connectivity index (χ3n) is 4.35. The van der Waals surface area contributed by atoms with Crippen molar-refractivity contribution < 1.29 is 4.74 Å². The van der Waals surface area contributed by atoms with Crippen molar-refractivity contribution in [2.24, 2.45) is 5.41 Å². The maximum atomic E-state index is 5.81. The van der Waals surface area contributed by atoms with Gasteiger partial charge in [0.25, 0.3) is 0 Å². The van der Waals surface area contributed by atoms with E-state index in [1.165, 1.54) is 30.5 Å². The Labute approximate surface area is 129 Å². The molecule has 1 aliphatic rings. The number of rotatable bonds is 7. The Morgan fingerprint density at radius 3 is 2.90 bits per heavy atom. The van der Waals surface area contributed by atoms with Crippen molar-refractivity contribution in [3.05, 3.63) is 29.8 Å². The highest BCUT2D eigenvalue weighted by molar-refractivity contribution is 5.47. The first kappa shape index (κ1) is 16.3. The molecule has 1 aromatic carbocycles. The van der Waals surface area contributed by atoms with E-state index in [4.69, 9.17) is 4.74 Å². The third kappa shape index (κ3) is 4.72. The minimum absolute atomic E-state index is 0.242. The lowest BCUT2D eigenvalue weighted by Crippen LogP contribution is -2.48. The van der Waals surface area contributed by atoms with E-state index in [1.807, 2.05) is 0 Å². The van der Waals surface area contributed by atoms with Crippen LogP contribution in [0.2, 0.25) is 0 Å². The molecule has 0 radical (unpaired) electrons. The maximum absolute atomic E-state index is 5.81. The zero-order valence-corrected chi connectivity index (χ0v) is 13.8. The molecule has 1 unspecified atom stereocenters. The molecular formula is C18H30N2O. The summed E-state index contributed by atoms with van der Waals surface area (Å²) in [5, 5.41) is 3.61. The fourth-order valence-corrected chi connectivity index (χ4v) is 3.22. The number of aryl methyl sites for hydroxylation is 1. The first-order chi connectivity index (χ1) is 10.2. The smallest absolute Gasteiger partial charge is 0.0551 e. The van der Waals surface area contributed by atoms with E-state index < -0.39 is 0 Å². The Kier molecular flexibility index (Phi) is 6.07. The first-order valence-electron chi connectivity index (χ1n) is 8.21. The second kappa shape index (κ2) is 7.81. The van der Waals surface area contributed by atoms with Gasteiger partial charge in [-0.3, -0.25) is 0 Å². The van der Waals surface area contributed by atoms with Crippen molar-refractivity contribution in [1.29, 1.82) is 0 Å². The molecule has 1 aliphatic heterocycles. The average molecular weight is 290 g/mol. The number of hydrogen-bond donors (Lipinski definition) is 1. The second-order valence-electron chi connectivity index (χ2n) is 6.53. The summed E-state index contributed by atoms with van der Waals surface area (Å²) in [4.78, 5) is 2.38. The number of anilines is 1. The summed E-state index contributed by atoms with van der Waals surface area (Å²) in [6, 6.07) is 8.75. The van der Waals surface area contributed by atoms with E-state index in [2.05, 4.69) is 55.4 Å². The van der Waals surface area contributed by atoms with Crippen molar-refractivity contribution >= 4 is 5.69 Å². The lowest BCUT2D eigenvalue weighted by molar-refractivity contribution is -0.00264. The van der Waals surface area contributed by atoms with E-state index in [-0.39, 0.29) is 5.41 Å². The van der Waals surface area contributed by atoms with Crippen molar-refractivity contribution in [1.82, 2.24) is 5.32 Å². The van der Waals surface area contributed by atoms with Gasteiger partial charge in [0.2, 0.25) is 0 Å². The average Bonchev–Trinajstić information content (AvgIpc) is 2.48. The van der Waals surface area contributed by atoms with Crippen LogP contribution >= 0.6 is 0 Å². The van der Waals surface area contributed by atoms with E-state index in [0.717, 1.165) is 32.8 Å². The van der Waals surface area contributed by atoms with Crippen LogP contribution in [0.5, 0.6) is 0 Å². The van der Waals surface area contributed by atoms with Crippen LogP contribution < -0.4 is 10.2 Å². The molecule has 3 nitrogen and oxygen atoms in total. The lowest BCUT2D eigenvalue weighted by atomic mass is 9.81. The van der Waals surface area contributed by atoms with E-state index in [1.54, 1.807) is 0 Å². The van der Waals surface area contributed by atoms with Crippen LogP contribution in [0, 0.1) is 12.3 Å². The molecule has 1 saturated heterocycles. The number of benzene rings is 1. The molecular weight excluding hydrogens is 260 g/mol. The van der Waals surface area contributed by atoms with Crippen LogP contribution in [0.1, 0.15) is 31.7 Å². The van der Waals surface area contributed by atoms with Crippen molar-refractivity contribution in [3.63, 3.8) is 0 Å². The zero-order chi connectivity index (χ0) is 15.1. The Bertz CT molecular complexity index is 427. The molecule has 1 aromatic rings. The zero-order valence-electron chi connectivity index (χ0n) is 13.8. The van der Waals surface area contributed by atoms with Crippen LogP contribution in [0.3, 0.4) is 0 Å². The summed E-state index contributed by atoms with van der Waals surface area (Å²) >= 11 is 0. The molecule has 1 N–H and O–H groups in total. The molecule has 0 spiro atoms. The topological polar surface area (TPSA) is 24.5 Å². The second-order valence-corrected chi connectivity index (χ2v) is 6.53. The third-order valence-corrected chi connectivity index (χ3v) is 4.35. The van der Waals surface area contributed by atoms with Crippen LogP contribution in [-0.2, 0) is 4.74 Å².